The van der Waals surface area contributed by atoms with Gasteiger partial charge in [0.2, 0.25) is 11.8 Å². The molecule has 0 saturated heterocycles. The number of rotatable bonds is 4. The van der Waals surface area contributed by atoms with Crippen molar-refractivity contribution < 1.29 is 9.59 Å². The van der Waals surface area contributed by atoms with Crippen LogP contribution in [0.2, 0.25) is 0 Å². The van der Waals surface area contributed by atoms with Gasteiger partial charge in [-0.3, -0.25) is 14.5 Å². The van der Waals surface area contributed by atoms with Gasteiger partial charge in [0, 0.05) is 42.1 Å². The number of fused-ring (bicyclic) bond motifs is 1. The Bertz CT molecular complexity index is 959. The fourth-order valence-electron chi connectivity index (χ4n) is 4.95. The van der Waals surface area contributed by atoms with Crippen molar-refractivity contribution >= 4 is 34.0 Å². The number of nitrogens with zero attached hydrogens (tertiary/aromatic N) is 3. The van der Waals surface area contributed by atoms with Crippen molar-refractivity contribution in [2.24, 2.45) is 11.8 Å². The lowest BCUT2D eigenvalue weighted by Crippen LogP contribution is -2.39. The fourth-order valence-corrected chi connectivity index (χ4v) is 5.76. The Labute approximate surface area is 182 Å². The monoisotopic (exact) mass is 423 g/mol. The van der Waals surface area contributed by atoms with E-state index < -0.39 is 0 Å². The molecule has 2 heterocycles. The van der Waals surface area contributed by atoms with Crippen molar-refractivity contribution in [3.8, 4) is 11.3 Å². The Morgan fingerprint density at radius 1 is 1.07 bits per heavy atom. The number of carbonyl (C=O) groups is 2. The highest BCUT2D eigenvalue weighted by Crippen LogP contribution is 2.37. The Kier molecular flexibility index (Phi) is 5.35. The molecular weight excluding hydrogens is 394 g/mol. The molecule has 1 aromatic carbocycles. The van der Waals surface area contributed by atoms with Crippen LogP contribution in [0, 0.1) is 11.8 Å². The van der Waals surface area contributed by atoms with Crippen LogP contribution < -0.4 is 9.80 Å². The summed E-state index contributed by atoms with van der Waals surface area (Å²) in [6.45, 7) is 0.830. The van der Waals surface area contributed by atoms with Crippen LogP contribution in [0.3, 0.4) is 0 Å². The molecule has 0 radical (unpaired) electrons. The highest BCUT2D eigenvalue weighted by molar-refractivity contribution is 7.14. The molecule has 2 amide bonds. The number of amides is 2. The third-order valence-corrected chi connectivity index (χ3v) is 7.95. The van der Waals surface area contributed by atoms with E-state index in [-0.39, 0.29) is 17.7 Å². The molecule has 3 aliphatic rings. The second kappa shape index (κ2) is 8.14. The lowest BCUT2D eigenvalue weighted by molar-refractivity contribution is -0.124. The minimum Gasteiger partial charge on any atom is -0.312 e. The zero-order valence-electron chi connectivity index (χ0n) is 17.6. The summed E-state index contributed by atoms with van der Waals surface area (Å²) in [5.41, 5.74) is 4.29. The highest BCUT2D eigenvalue weighted by Gasteiger charge is 2.31. The van der Waals surface area contributed by atoms with Crippen LogP contribution >= 0.6 is 11.3 Å². The number of anilines is 2. The second-order valence-electron chi connectivity index (χ2n) is 8.96. The topological polar surface area (TPSA) is 53.5 Å². The SMILES string of the molecule is CN(C(=O)C1CCC1)c1nc(-c2ccc3c(c2)CCCN3C(=O)C2CCCC2)cs1. The molecule has 30 heavy (non-hydrogen) atoms. The maximum atomic E-state index is 13.0. The normalized spacial score (nSPS) is 19.4. The number of hydrogen-bond acceptors (Lipinski definition) is 4. The molecule has 2 saturated carbocycles. The van der Waals surface area contributed by atoms with Crippen LogP contribution in [0.4, 0.5) is 10.8 Å². The van der Waals surface area contributed by atoms with E-state index in [4.69, 9.17) is 4.98 Å². The summed E-state index contributed by atoms with van der Waals surface area (Å²) in [4.78, 5) is 34.0. The first-order valence-corrected chi connectivity index (χ1v) is 12.2. The summed E-state index contributed by atoms with van der Waals surface area (Å²) >= 11 is 1.52. The maximum absolute atomic E-state index is 13.0. The number of carbonyl (C=O) groups excluding carboxylic acids is 2. The third kappa shape index (κ3) is 3.55. The quantitative estimate of drug-likeness (QED) is 0.692. The van der Waals surface area contributed by atoms with Gasteiger partial charge in [0.25, 0.3) is 0 Å². The standard InChI is InChI=1S/C24H29N3O2S/c1-26(22(28)16-8-4-9-16)24-25-20(15-30-24)18-11-12-21-19(14-18)10-5-13-27(21)23(29)17-6-2-3-7-17/h11-12,14-17H,2-10,13H2,1H3. The first kappa shape index (κ1) is 19.7. The van der Waals surface area contributed by atoms with Crippen LogP contribution in [0.5, 0.6) is 0 Å². The molecule has 0 spiro atoms. The van der Waals surface area contributed by atoms with Crippen LogP contribution in [0.15, 0.2) is 23.6 Å². The van der Waals surface area contributed by atoms with Gasteiger partial charge >= 0.3 is 0 Å². The van der Waals surface area contributed by atoms with Crippen molar-refractivity contribution in [2.45, 2.75) is 57.8 Å². The molecule has 158 valence electrons. The number of benzene rings is 1. The molecule has 2 aliphatic carbocycles. The van der Waals surface area contributed by atoms with Crippen LogP contribution in [-0.4, -0.2) is 30.4 Å². The number of hydrogen-bond donors (Lipinski definition) is 0. The summed E-state index contributed by atoms with van der Waals surface area (Å²) in [5.74, 6) is 0.886. The van der Waals surface area contributed by atoms with Gasteiger partial charge in [-0.2, -0.15) is 0 Å². The van der Waals surface area contributed by atoms with Crippen LogP contribution in [0.25, 0.3) is 11.3 Å². The van der Waals surface area contributed by atoms with E-state index in [1.807, 2.05) is 17.3 Å². The lowest BCUT2D eigenvalue weighted by atomic mass is 9.84. The van der Waals surface area contributed by atoms with Gasteiger partial charge in [0.05, 0.1) is 5.69 Å². The van der Waals surface area contributed by atoms with E-state index >= 15 is 0 Å². The minimum atomic E-state index is 0.175. The average Bonchev–Trinajstić information content (AvgIpc) is 3.42. The summed E-state index contributed by atoms with van der Waals surface area (Å²) in [6, 6.07) is 6.36. The first-order chi connectivity index (χ1) is 14.6. The van der Waals surface area contributed by atoms with E-state index in [0.717, 1.165) is 73.6 Å². The van der Waals surface area contributed by atoms with Crippen molar-refractivity contribution in [1.29, 1.82) is 0 Å². The van der Waals surface area contributed by atoms with Gasteiger partial charge < -0.3 is 4.90 Å². The summed E-state index contributed by atoms with van der Waals surface area (Å²) in [6.07, 6.45) is 9.60. The van der Waals surface area contributed by atoms with E-state index in [2.05, 4.69) is 18.2 Å². The molecule has 1 aliphatic heterocycles. The zero-order valence-corrected chi connectivity index (χ0v) is 18.4. The average molecular weight is 424 g/mol. The predicted octanol–water partition coefficient (Wildman–Crippen LogP) is 5.04. The Morgan fingerprint density at radius 2 is 1.83 bits per heavy atom. The highest BCUT2D eigenvalue weighted by atomic mass is 32.1. The fraction of sp³-hybridized carbons (Fsp3) is 0.542. The van der Waals surface area contributed by atoms with Gasteiger partial charge in [-0.25, -0.2) is 4.98 Å². The van der Waals surface area contributed by atoms with Gasteiger partial charge in [-0.05, 0) is 56.2 Å². The number of aryl methyl sites for hydroxylation is 1. The van der Waals surface area contributed by atoms with E-state index in [0.29, 0.717) is 5.91 Å². The van der Waals surface area contributed by atoms with Crippen molar-refractivity contribution in [3.05, 3.63) is 29.1 Å². The smallest absolute Gasteiger partial charge is 0.231 e. The van der Waals surface area contributed by atoms with Crippen molar-refractivity contribution in [3.63, 3.8) is 0 Å². The first-order valence-electron chi connectivity index (χ1n) is 11.3. The Balaban J connectivity index is 1.36. The molecule has 0 N–H and O–H groups in total. The molecule has 1 aromatic heterocycles. The summed E-state index contributed by atoms with van der Waals surface area (Å²) in [7, 11) is 1.84. The molecule has 5 nitrogen and oxygen atoms in total. The van der Waals surface area contributed by atoms with Crippen LogP contribution in [-0.2, 0) is 16.0 Å². The van der Waals surface area contributed by atoms with E-state index in [9.17, 15) is 9.59 Å². The summed E-state index contributed by atoms with van der Waals surface area (Å²) in [5, 5.41) is 2.80. The van der Waals surface area contributed by atoms with Crippen LogP contribution in [0.1, 0.15) is 56.9 Å². The Morgan fingerprint density at radius 3 is 2.57 bits per heavy atom. The van der Waals surface area contributed by atoms with E-state index in [1.54, 1.807) is 4.90 Å². The molecule has 0 unspecified atom stereocenters. The number of thiazole rings is 1. The van der Waals surface area contributed by atoms with Gasteiger partial charge in [-0.1, -0.05) is 25.3 Å². The largest absolute Gasteiger partial charge is 0.312 e. The summed E-state index contributed by atoms with van der Waals surface area (Å²) < 4.78 is 0. The minimum absolute atomic E-state index is 0.175. The second-order valence-corrected chi connectivity index (χ2v) is 9.80. The third-order valence-electron chi connectivity index (χ3n) is 7.03. The van der Waals surface area contributed by atoms with Gasteiger partial charge in [-0.15, -0.1) is 11.3 Å². The van der Waals surface area contributed by atoms with Gasteiger partial charge in [0.1, 0.15) is 0 Å². The zero-order chi connectivity index (χ0) is 20.7. The van der Waals surface area contributed by atoms with Gasteiger partial charge in [0.15, 0.2) is 5.13 Å². The van der Waals surface area contributed by atoms with Crippen molar-refractivity contribution in [1.82, 2.24) is 4.98 Å². The van der Waals surface area contributed by atoms with E-state index in [1.165, 1.54) is 29.7 Å². The number of aromatic nitrogens is 1. The molecular formula is C24H29N3O2S. The van der Waals surface area contributed by atoms with Crippen molar-refractivity contribution in [2.75, 3.05) is 23.4 Å². The molecule has 2 fully saturated rings. The molecule has 2 aromatic rings. The molecule has 5 rings (SSSR count). The molecule has 6 heteroatoms. The lowest BCUT2D eigenvalue weighted by Gasteiger charge is -2.31. The Hall–Kier alpha value is -2.21. The maximum Gasteiger partial charge on any atom is 0.231 e. The molecule has 0 bridgehead atoms. The molecule has 0 atom stereocenters. The predicted molar refractivity (Wildman–Crippen MR) is 121 cm³/mol.